The van der Waals surface area contributed by atoms with Crippen molar-refractivity contribution in [3.05, 3.63) is 82.3 Å². The van der Waals surface area contributed by atoms with Crippen LogP contribution >= 0.6 is 0 Å². The lowest BCUT2D eigenvalue weighted by Gasteiger charge is -2.34. The highest BCUT2D eigenvalue weighted by Crippen LogP contribution is 2.37. The lowest BCUT2D eigenvalue weighted by atomic mass is 9.83. The Morgan fingerprint density at radius 2 is 1.79 bits per heavy atom. The molecule has 1 heterocycles. The van der Waals surface area contributed by atoms with E-state index in [4.69, 9.17) is 4.74 Å². The van der Waals surface area contributed by atoms with Crippen molar-refractivity contribution in [2.24, 2.45) is 0 Å². The fraction of sp³-hybridized carbons (Fsp3) is 0.238. The summed E-state index contributed by atoms with van der Waals surface area (Å²) in [7, 11) is 1.22. The molecule has 0 saturated heterocycles. The fourth-order valence-corrected chi connectivity index (χ4v) is 3.47. The first-order valence-corrected chi connectivity index (χ1v) is 8.60. The molecule has 0 N–H and O–H groups in total. The van der Waals surface area contributed by atoms with Crippen molar-refractivity contribution in [3.63, 3.8) is 0 Å². The summed E-state index contributed by atoms with van der Waals surface area (Å²) in [5.41, 5.74) is 1.25. The molecule has 28 heavy (non-hydrogen) atoms. The summed E-state index contributed by atoms with van der Waals surface area (Å²) < 4.78 is 45.5. The highest BCUT2D eigenvalue weighted by molar-refractivity contribution is 5.95. The second kappa shape index (κ2) is 7.88. The molecule has 2 aromatic rings. The molecule has 1 aliphatic heterocycles. The zero-order valence-electron chi connectivity index (χ0n) is 15.3. The summed E-state index contributed by atoms with van der Waals surface area (Å²) in [6, 6.07) is 8.67. The van der Waals surface area contributed by atoms with Gasteiger partial charge in [-0.05, 0) is 42.3 Å². The van der Waals surface area contributed by atoms with Gasteiger partial charge >= 0.3 is 5.97 Å². The predicted molar refractivity (Wildman–Crippen MR) is 95.4 cm³/mol. The van der Waals surface area contributed by atoms with Gasteiger partial charge in [0.15, 0.2) is 0 Å². The van der Waals surface area contributed by atoms with E-state index in [2.05, 4.69) is 0 Å². The van der Waals surface area contributed by atoms with Gasteiger partial charge in [0.2, 0.25) is 5.91 Å². The third-order valence-electron chi connectivity index (χ3n) is 4.74. The van der Waals surface area contributed by atoms with Gasteiger partial charge in [-0.25, -0.2) is 18.0 Å². The van der Waals surface area contributed by atoms with Gasteiger partial charge in [0, 0.05) is 24.1 Å². The molecule has 0 saturated carbocycles. The highest BCUT2D eigenvalue weighted by atomic mass is 19.1. The zero-order valence-corrected chi connectivity index (χ0v) is 15.3. The Bertz CT molecular complexity index is 951. The number of allylic oxidation sites excluding steroid dienone is 1. The Morgan fingerprint density at radius 1 is 1.11 bits per heavy atom. The first kappa shape index (κ1) is 19.7. The van der Waals surface area contributed by atoms with Crippen molar-refractivity contribution in [3.8, 4) is 0 Å². The second-order valence-corrected chi connectivity index (χ2v) is 6.56. The molecule has 0 spiro atoms. The smallest absolute Gasteiger partial charge is 0.336 e. The summed E-state index contributed by atoms with van der Waals surface area (Å²) in [6.45, 7) is 1.46. The van der Waals surface area contributed by atoms with Crippen LogP contribution < -0.4 is 0 Å². The number of halogens is 3. The number of carbonyl (C=O) groups is 2. The normalized spacial score (nSPS) is 17.1. The summed E-state index contributed by atoms with van der Waals surface area (Å²) in [4.78, 5) is 26.5. The number of methoxy groups -OCH3 is 1. The highest BCUT2D eigenvalue weighted by Gasteiger charge is 2.36. The topological polar surface area (TPSA) is 46.6 Å². The zero-order chi connectivity index (χ0) is 20.4. The van der Waals surface area contributed by atoms with Gasteiger partial charge in [-0.1, -0.05) is 12.1 Å². The van der Waals surface area contributed by atoms with Crippen molar-refractivity contribution in [2.45, 2.75) is 25.8 Å². The van der Waals surface area contributed by atoms with E-state index < -0.39 is 29.3 Å². The molecule has 2 aromatic carbocycles. The van der Waals surface area contributed by atoms with Crippen LogP contribution in [0.4, 0.5) is 13.2 Å². The molecule has 0 aliphatic carbocycles. The average Bonchev–Trinajstić information content (AvgIpc) is 2.63. The molecule has 3 rings (SSSR count). The summed E-state index contributed by atoms with van der Waals surface area (Å²) in [5.74, 6) is -3.65. The molecule has 4 nitrogen and oxygen atoms in total. The lowest BCUT2D eigenvalue weighted by molar-refractivity contribution is -0.138. The molecule has 146 valence electrons. The monoisotopic (exact) mass is 389 g/mol. The van der Waals surface area contributed by atoms with Gasteiger partial charge in [0.05, 0.1) is 19.2 Å². The van der Waals surface area contributed by atoms with Crippen molar-refractivity contribution in [2.75, 3.05) is 7.11 Å². The molecule has 7 heteroatoms. The minimum Gasteiger partial charge on any atom is -0.466 e. The van der Waals surface area contributed by atoms with Crippen molar-refractivity contribution in [1.82, 2.24) is 4.90 Å². The van der Waals surface area contributed by atoms with E-state index >= 15 is 0 Å². The molecule has 0 radical (unpaired) electrons. The molecule has 1 atom stereocenters. The molecule has 0 aromatic heterocycles. The molecular formula is C21H18F3NO3. The lowest BCUT2D eigenvalue weighted by Crippen LogP contribution is -2.38. The standard InChI is InChI=1S/C21H18F3NO3/c1-12-20(21(27)28-2)18(14-4-3-5-15(22)8-14)10-19(26)25(12)11-13-6-16(23)9-17(24)7-13/h3-9,18H,10-11H2,1-2H3. The van der Waals surface area contributed by atoms with Gasteiger partial charge in [0.1, 0.15) is 17.5 Å². The van der Waals surface area contributed by atoms with E-state index in [9.17, 15) is 22.8 Å². The summed E-state index contributed by atoms with van der Waals surface area (Å²) in [5, 5.41) is 0. The van der Waals surface area contributed by atoms with Gasteiger partial charge in [-0.15, -0.1) is 0 Å². The Hall–Kier alpha value is -3.09. The van der Waals surface area contributed by atoms with Crippen molar-refractivity contribution in [1.29, 1.82) is 0 Å². The Morgan fingerprint density at radius 3 is 2.39 bits per heavy atom. The van der Waals surface area contributed by atoms with E-state index in [-0.39, 0.29) is 30.0 Å². The van der Waals surface area contributed by atoms with Crippen LogP contribution in [0.5, 0.6) is 0 Å². The van der Waals surface area contributed by atoms with Gasteiger partial charge < -0.3 is 9.64 Å². The molecule has 1 amide bonds. The van der Waals surface area contributed by atoms with E-state index in [0.717, 1.165) is 18.2 Å². The van der Waals surface area contributed by atoms with Crippen molar-refractivity contribution >= 4 is 11.9 Å². The number of nitrogens with zero attached hydrogens (tertiary/aromatic N) is 1. The maximum absolute atomic E-state index is 13.7. The number of carbonyl (C=O) groups excluding carboxylic acids is 2. The number of esters is 1. The number of amides is 1. The fourth-order valence-electron chi connectivity index (χ4n) is 3.47. The molecule has 1 unspecified atom stereocenters. The van der Waals surface area contributed by atoms with Crippen LogP contribution in [0.25, 0.3) is 0 Å². The third kappa shape index (κ3) is 3.93. The van der Waals surface area contributed by atoms with Crippen LogP contribution in [-0.4, -0.2) is 23.9 Å². The number of ether oxygens (including phenoxy) is 1. The molecule has 1 aliphatic rings. The third-order valence-corrected chi connectivity index (χ3v) is 4.74. The quantitative estimate of drug-likeness (QED) is 0.741. The van der Waals surface area contributed by atoms with E-state index in [1.165, 1.54) is 30.2 Å². The van der Waals surface area contributed by atoms with E-state index in [0.29, 0.717) is 11.3 Å². The number of hydrogen-bond acceptors (Lipinski definition) is 3. The van der Waals surface area contributed by atoms with Crippen LogP contribution in [0.15, 0.2) is 53.7 Å². The first-order chi connectivity index (χ1) is 13.3. The number of hydrogen-bond donors (Lipinski definition) is 0. The average molecular weight is 389 g/mol. The van der Waals surface area contributed by atoms with Crippen LogP contribution in [0, 0.1) is 17.5 Å². The Balaban J connectivity index is 2.04. The molecular weight excluding hydrogens is 371 g/mol. The first-order valence-electron chi connectivity index (χ1n) is 8.60. The van der Waals surface area contributed by atoms with Crippen molar-refractivity contribution < 1.29 is 27.5 Å². The largest absolute Gasteiger partial charge is 0.466 e. The molecule has 0 bridgehead atoms. The number of rotatable bonds is 4. The van der Waals surface area contributed by atoms with Crippen LogP contribution in [0.1, 0.15) is 30.4 Å². The minimum absolute atomic E-state index is 0.0942. The maximum atomic E-state index is 13.7. The molecule has 0 fully saturated rings. The summed E-state index contributed by atoms with van der Waals surface area (Å²) >= 11 is 0. The second-order valence-electron chi connectivity index (χ2n) is 6.56. The SMILES string of the molecule is COC(=O)C1=C(C)N(Cc2cc(F)cc(F)c2)C(=O)CC1c1cccc(F)c1. The Kier molecular flexibility index (Phi) is 5.53. The van der Waals surface area contributed by atoms with Crippen LogP contribution in [0.3, 0.4) is 0 Å². The summed E-state index contributed by atoms with van der Waals surface area (Å²) in [6.07, 6.45) is -0.0942. The predicted octanol–water partition coefficient (Wildman–Crippen LogP) is 4.07. The number of benzene rings is 2. The van der Waals surface area contributed by atoms with Gasteiger partial charge in [-0.2, -0.15) is 0 Å². The van der Waals surface area contributed by atoms with Gasteiger partial charge in [-0.3, -0.25) is 4.79 Å². The minimum atomic E-state index is -0.757. The van der Waals surface area contributed by atoms with Crippen LogP contribution in [-0.2, 0) is 20.9 Å². The van der Waals surface area contributed by atoms with Gasteiger partial charge in [0.25, 0.3) is 0 Å². The maximum Gasteiger partial charge on any atom is 0.336 e. The van der Waals surface area contributed by atoms with E-state index in [1.54, 1.807) is 13.0 Å². The van der Waals surface area contributed by atoms with Crippen LogP contribution in [0.2, 0.25) is 0 Å². The Labute approximate surface area is 160 Å². The van der Waals surface area contributed by atoms with E-state index in [1.807, 2.05) is 0 Å².